The molecule has 4 N–H and O–H groups in total. The van der Waals surface area contributed by atoms with Gasteiger partial charge in [-0.2, -0.15) is 0 Å². The Morgan fingerprint density at radius 2 is 1.81 bits per heavy atom. The maximum atomic E-state index is 11.0. The van der Waals surface area contributed by atoms with Crippen LogP contribution in [0, 0.1) is 5.92 Å². The van der Waals surface area contributed by atoms with Gasteiger partial charge in [-0.25, -0.2) is 0 Å². The van der Waals surface area contributed by atoms with Gasteiger partial charge in [0.1, 0.15) is 0 Å². The second-order valence-corrected chi connectivity index (χ2v) is 7.39. The third kappa shape index (κ3) is 7.47. The molecule has 26 heavy (non-hydrogen) atoms. The first-order valence-electron chi connectivity index (χ1n) is 9.79. The highest BCUT2D eigenvalue weighted by molar-refractivity contribution is 5.80. The van der Waals surface area contributed by atoms with E-state index in [-0.39, 0.29) is 5.91 Å². The molecule has 0 atom stereocenters. The van der Waals surface area contributed by atoms with Gasteiger partial charge in [0.05, 0.1) is 13.2 Å². The number of ether oxygens (including phenoxy) is 1. The first kappa shape index (κ1) is 20.9. The third-order valence-corrected chi connectivity index (χ3v) is 5.41. The molecule has 0 radical (unpaired) electrons. The van der Waals surface area contributed by atoms with Crippen molar-refractivity contribution in [2.75, 3.05) is 66.6 Å². The Balaban J connectivity index is 1.62. The number of guanidine groups is 1. The van der Waals surface area contributed by atoms with E-state index >= 15 is 0 Å². The lowest BCUT2D eigenvalue weighted by atomic mass is 9.97. The van der Waals surface area contributed by atoms with E-state index in [1.807, 2.05) is 7.05 Å². The lowest BCUT2D eigenvalue weighted by Gasteiger charge is -2.33. The first-order chi connectivity index (χ1) is 12.6. The molecular weight excluding hydrogens is 332 g/mol. The van der Waals surface area contributed by atoms with Crippen LogP contribution in [0.4, 0.5) is 0 Å². The number of amides is 1. The largest absolute Gasteiger partial charge is 0.383 e. The molecule has 2 fully saturated rings. The fourth-order valence-corrected chi connectivity index (χ4v) is 3.72. The van der Waals surface area contributed by atoms with Gasteiger partial charge < -0.3 is 26.0 Å². The molecule has 8 heteroatoms. The summed E-state index contributed by atoms with van der Waals surface area (Å²) in [5, 5.41) is 7.02. The summed E-state index contributed by atoms with van der Waals surface area (Å²) in [5.74, 6) is 1.34. The number of carbonyl (C=O) groups excluding carboxylic acids is 1. The van der Waals surface area contributed by atoms with Gasteiger partial charge >= 0.3 is 0 Å². The van der Waals surface area contributed by atoms with Gasteiger partial charge in [0, 0.05) is 46.4 Å². The maximum Gasteiger partial charge on any atom is 0.231 e. The number of aliphatic imine (C=N–C) groups is 1. The van der Waals surface area contributed by atoms with Crippen molar-refractivity contribution in [3.8, 4) is 0 Å². The summed E-state index contributed by atoms with van der Waals surface area (Å²) >= 11 is 0. The fraction of sp³-hybridized carbons (Fsp3) is 0.889. The standard InChI is InChI=1S/C18H36N6O2/c1-20-18(22-16-5-9-24(10-6-16)14-17(19)25)21-13-15-3-7-23(8-4-15)11-12-26-2/h15-16H,3-14H2,1-2H3,(H2,19,25)(H2,20,21,22). The quantitative estimate of drug-likeness (QED) is 0.393. The molecule has 2 aliphatic heterocycles. The van der Waals surface area contributed by atoms with E-state index in [1.165, 1.54) is 12.8 Å². The molecule has 0 saturated carbocycles. The average Bonchev–Trinajstić information content (AvgIpc) is 2.65. The lowest BCUT2D eigenvalue weighted by Crippen LogP contribution is -2.50. The highest BCUT2D eigenvalue weighted by Crippen LogP contribution is 2.16. The molecule has 0 aromatic carbocycles. The summed E-state index contributed by atoms with van der Waals surface area (Å²) in [6, 6.07) is 0.404. The van der Waals surface area contributed by atoms with Crippen LogP contribution in [0.3, 0.4) is 0 Å². The zero-order valence-electron chi connectivity index (χ0n) is 16.4. The zero-order chi connectivity index (χ0) is 18.8. The van der Waals surface area contributed by atoms with Gasteiger partial charge in [0.25, 0.3) is 0 Å². The predicted octanol–water partition coefficient (Wildman–Crippen LogP) is -0.540. The molecule has 0 spiro atoms. The molecule has 2 rings (SSSR count). The van der Waals surface area contributed by atoms with Gasteiger partial charge in [-0.3, -0.25) is 14.7 Å². The van der Waals surface area contributed by atoms with Crippen molar-refractivity contribution >= 4 is 11.9 Å². The molecule has 0 bridgehead atoms. The summed E-state index contributed by atoms with van der Waals surface area (Å²) in [6.45, 7) is 7.29. The van der Waals surface area contributed by atoms with E-state index in [0.29, 0.717) is 18.5 Å². The Morgan fingerprint density at radius 1 is 1.15 bits per heavy atom. The van der Waals surface area contributed by atoms with Crippen LogP contribution >= 0.6 is 0 Å². The van der Waals surface area contributed by atoms with Crippen molar-refractivity contribution in [3.63, 3.8) is 0 Å². The second kappa shape index (κ2) is 11.4. The fourth-order valence-electron chi connectivity index (χ4n) is 3.72. The number of hydrogen-bond donors (Lipinski definition) is 3. The summed E-state index contributed by atoms with van der Waals surface area (Å²) in [4.78, 5) is 20.0. The van der Waals surface area contributed by atoms with Crippen LogP contribution < -0.4 is 16.4 Å². The smallest absolute Gasteiger partial charge is 0.231 e. The first-order valence-corrected chi connectivity index (χ1v) is 9.79. The van der Waals surface area contributed by atoms with E-state index in [4.69, 9.17) is 10.5 Å². The molecule has 2 heterocycles. The van der Waals surface area contributed by atoms with Gasteiger partial charge in [-0.1, -0.05) is 0 Å². The Morgan fingerprint density at radius 3 is 2.38 bits per heavy atom. The van der Waals surface area contributed by atoms with E-state index in [1.54, 1.807) is 7.11 Å². The number of piperidine rings is 2. The summed E-state index contributed by atoms with van der Waals surface area (Å²) in [7, 11) is 3.59. The number of nitrogens with zero attached hydrogens (tertiary/aromatic N) is 3. The van der Waals surface area contributed by atoms with Crippen LogP contribution in [-0.4, -0.2) is 94.3 Å². The predicted molar refractivity (Wildman–Crippen MR) is 104 cm³/mol. The normalized spacial score (nSPS) is 21.7. The minimum absolute atomic E-state index is 0.248. The molecular formula is C18H36N6O2. The summed E-state index contributed by atoms with van der Waals surface area (Å²) < 4.78 is 5.16. The zero-order valence-corrected chi connectivity index (χ0v) is 16.4. The molecule has 2 saturated heterocycles. The van der Waals surface area contributed by atoms with Crippen molar-refractivity contribution < 1.29 is 9.53 Å². The van der Waals surface area contributed by atoms with Crippen molar-refractivity contribution in [2.45, 2.75) is 31.7 Å². The van der Waals surface area contributed by atoms with E-state index in [2.05, 4.69) is 25.4 Å². The Kier molecular flexibility index (Phi) is 9.14. The molecule has 1 amide bonds. The van der Waals surface area contributed by atoms with Crippen LogP contribution in [0.2, 0.25) is 0 Å². The highest BCUT2D eigenvalue weighted by atomic mass is 16.5. The van der Waals surface area contributed by atoms with Crippen LogP contribution in [0.1, 0.15) is 25.7 Å². The summed E-state index contributed by atoms with van der Waals surface area (Å²) in [5.41, 5.74) is 5.27. The van der Waals surface area contributed by atoms with Gasteiger partial charge in [-0.05, 0) is 44.7 Å². The van der Waals surface area contributed by atoms with E-state index < -0.39 is 0 Å². The minimum Gasteiger partial charge on any atom is -0.383 e. The number of methoxy groups -OCH3 is 1. The maximum absolute atomic E-state index is 11.0. The molecule has 0 aromatic heterocycles. The number of carbonyl (C=O) groups is 1. The molecule has 0 unspecified atom stereocenters. The lowest BCUT2D eigenvalue weighted by molar-refractivity contribution is -0.119. The SMILES string of the molecule is CN=C(NCC1CCN(CCOC)CC1)NC1CCN(CC(N)=O)CC1. The summed E-state index contributed by atoms with van der Waals surface area (Å²) in [6.07, 6.45) is 4.45. The average molecular weight is 369 g/mol. The number of rotatable bonds is 8. The highest BCUT2D eigenvalue weighted by Gasteiger charge is 2.22. The van der Waals surface area contributed by atoms with Crippen molar-refractivity contribution in [2.24, 2.45) is 16.6 Å². The van der Waals surface area contributed by atoms with E-state index in [9.17, 15) is 4.79 Å². The minimum atomic E-state index is -0.248. The number of primary amides is 1. The van der Waals surface area contributed by atoms with Crippen molar-refractivity contribution in [1.29, 1.82) is 0 Å². The van der Waals surface area contributed by atoms with Crippen LogP contribution in [-0.2, 0) is 9.53 Å². The number of nitrogens with two attached hydrogens (primary N) is 1. The van der Waals surface area contributed by atoms with Gasteiger partial charge in [0.15, 0.2) is 5.96 Å². The number of nitrogens with one attached hydrogen (secondary N) is 2. The molecule has 2 aliphatic rings. The van der Waals surface area contributed by atoms with Gasteiger partial charge in [0.2, 0.25) is 5.91 Å². The second-order valence-electron chi connectivity index (χ2n) is 7.39. The van der Waals surface area contributed by atoms with Crippen molar-refractivity contribution in [1.82, 2.24) is 20.4 Å². The van der Waals surface area contributed by atoms with Crippen LogP contribution in [0.25, 0.3) is 0 Å². The topological polar surface area (TPSA) is 95.2 Å². The number of hydrogen-bond acceptors (Lipinski definition) is 5. The van der Waals surface area contributed by atoms with Crippen LogP contribution in [0.15, 0.2) is 4.99 Å². The number of likely N-dealkylation sites (tertiary alicyclic amines) is 2. The Labute approximate surface area is 157 Å². The molecule has 0 aliphatic carbocycles. The Bertz CT molecular complexity index is 443. The van der Waals surface area contributed by atoms with Crippen LogP contribution in [0.5, 0.6) is 0 Å². The van der Waals surface area contributed by atoms with Crippen molar-refractivity contribution in [3.05, 3.63) is 0 Å². The van der Waals surface area contributed by atoms with E-state index in [0.717, 1.165) is 64.7 Å². The Hall–Kier alpha value is -1.38. The van der Waals surface area contributed by atoms with Gasteiger partial charge in [-0.15, -0.1) is 0 Å². The molecule has 8 nitrogen and oxygen atoms in total. The molecule has 0 aromatic rings. The molecule has 150 valence electrons. The third-order valence-electron chi connectivity index (χ3n) is 5.41. The monoisotopic (exact) mass is 368 g/mol.